The lowest BCUT2D eigenvalue weighted by Gasteiger charge is -2.21. The number of benzene rings is 2. The summed E-state index contributed by atoms with van der Waals surface area (Å²) >= 11 is 0. The highest BCUT2D eigenvalue weighted by Crippen LogP contribution is 2.11. The van der Waals surface area contributed by atoms with E-state index in [0.717, 1.165) is 16.7 Å². The van der Waals surface area contributed by atoms with Crippen LogP contribution in [0.3, 0.4) is 0 Å². The summed E-state index contributed by atoms with van der Waals surface area (Å²) in [5, 5.41) is 0. The number of amides is 1. The number of hydrogen-bond acceptors (Lipinski definition) is 2. The third kappa shape index (κ3) is 5.15. The van der Waals surface area contributed by atoms with E-state index in [1.165, 1.54) is 0 Å². The first-order valence-corrected chi connectivity index (χ1v) is 8.26. The molecule has 0 saturated heterocycles. The predicted molar refractivity (Wildman–Crippen MR) is 100 cm³/mol. The second-order valence-corrected chi connectivity index (χ2v) is 5.79. The fraction of sp³-hybridized carbons (Fsp3) is 0.0909. The van der Waals surface area contributed by atoms with Gasteiger partial charge >= 0.3 is 0 Å². The highest BCUT2D eigenvalue weighted by molar-refractivity contribution is 5.91. The summed E-state index contributed by atoms with van der Waals surface area (Å²) in [4.78, 5) is 18.7. The van der Waals surface area contributed by atoms with Crippen LogP contribution in [0.4, 0.5) is 0 Å². The molecular weight excluding hydrogens is 308 g/mol. The van der Waals surface area contributed by atoms with Crippen molar-refractivity contribution in [1.29, 1.82) is 0 Å². The molecule has 0 fully saturated rings. The molecule has 0 N–H and O–H groups in total. The Hall–Kier alpha value is -3.20. The second kappa shape index (κ2) is 8.60. The molecular formula is C22H20N2O. The van der Waals surface area contributed by atoms with Gasteiger partial charge in [-0.1, -0.05) is 66.7 Å². The van der Waals surface area contributed by atoms with E-state index >= 15 is 0 Å². The fourth-order valence-electron chi connectivity index (χ4n) is 2.57. The van der Waals surface area contributed by atoms with Crippen molar-refractivity contribution < 1.29 is 4.79 Å². The minimum Gasteiger partial charge on any atom is -0.331 e. The molecule has 3 nitrogen and oxygen atoms in total. The Balaban J connectivity index is 1.77. The Morgan fingerprint density at radius 1 is 0.840 bits per heavy atom. The van der Waals surface area contributed by atoms with E-state index in [-0.39, 0.29) is 5.91 Å². The van der Waals surface area contributed by atoms with E-state index < -0.39 is 0 Å². The van der Waals surface area contributed by atoms with Gasteiger partial charge in [0.2, 0.25) is 5.91 Å². The maximum Gasteiger partial charge on any atom is 0.247 e. The van der Waals surface area contributed by atoms with Gasteiger partial charge in [-0.2, -0.15) is 0 Å². The van der Waals surface area contributed by atoms with E-state index in [1.54, 1.807) is 24.5 Å². The summed E-state index contributed by atoms with van der Waals surface area (Å²) in [5.74, 6) is -0.0171. The van der Waals surface area contributed by atoms with Crippen molar-refractivity contribution in [3.05, 3.63) is 108 Å². The van der Waals surface area contributed by atoms with Gasteiger partial charge < -0.3 is 4.90 Å². The van der Waals surface area contributed by atoms with Crippen LogP contribution in [0.15, 0.2) is 91.3 Å². The molecule has 1 heterocycles. The van der Waals surface area contributed by atoms with E-state index in [2.05, 4.69) is 4.98 Å². The van der Waals surface area contributed by atoms with Crippen LogP contribution >= 0.6 is 0 Å². The lowest BCUT2D eigenvalue weighted by Crippen LogP contribution is -2.28. The third-order valence-electron chi connectivity index (χ3n) is 3.85. The minimum atomic E-state index is -0.0171. The van der Waals surface area contributed by atoms with E-state index in [4.69, 9.17) is 0 Å². The van der Waals surface area contributed by atoms with E-state index in [0.29, 0.717) is 13.1 Å². The number of hydrogen-bond donors (Lipinski definition) is 0. The molecule has 0 unspecified atom stereocenters. The number of pyridine rings is 1. The zero-order valence-electron chi connectivity index (χ0n) is 14.0. The molecule has 2 aromatic carbocycles. The summed E-state index contributed by atoms with van der Waals surface area (Å²) in [6.07, 6.45) is 6.87. The summed E-state index contributed by atoms with van der Waals surface area (Å²) in [7, 11) is 0. The molecule has 0 atom stereocenters. The van der Waals surface area contributed by atoms with E-state index in [1.807, 2.05) is 77.7 Å². The first kappa shape index (κ1) is 16.7. The highest BCUT2D eigenvalue weighted by Gasteiger charge is 2.12. The van der Waals surface area contributed by atoms with Crippen LogP contribution in [0.5, 0.6) is 0 Å². The molecule has 25 heavy (non-hydrogen) atoms. The van der Waals surface area contributed by atoms with Crippen molar-refractivity contribution in [3.63, 3.8) is 0 Å². The topological polar surface area (TPSA) is 33.2 Å². The number of rotatable bonds is 6. The predicted octanol–water partition coefficient (Wildman–Crippen LogP) is 4.32. The maximum absolute atomic E-state index is 12.7. The molecule has 0 saturated carbocycles. The molecule has 0 aliphatic rings. The van der Waals surface area contributed by atoms with Crippen molar-refractivity contribution in [2.24, 2.45) is 0 Å². The van der Waals surface area contributed by atoms with Crippen molar-refractivity contribution in [1.82, 2.24) is 9.88 Å². The van der Waals surface area contributed by atoms with Gasteiger partial charge in [-0.05, 0) is 28.8 Å². The zero-order valence-corrected chi connectivity index (χ0v) is 14.0. The van der Waals surface area contributed by atoms with Gasteiger partial charge in [0.1, 0.15) is 0 Å². The van der Waals surface area contributed by atoms with Crippen LogP contribution in [0.1, 0.15) is 16.7 Å². The lowest BCUT2D eigenvalue weighted by atomic mass is 10.1. The van der Waals surface area contributed by atoms with Crippen molar-refractivity contribution in [2.45, 2.75) is 13.1 Å². The standard InChI is InChI=1S/C22H20N2O/c25-22(14-13-19-12-7-15-23-16-19)24(17-20-8-3-1-4-9-20)18-21-10-5-2-6-11-21/h1-16H,17-18H2/b14-13+. The highest BCUT2D eigenvalue weighted by atomic mass is 16.2. The molecule has 3 aromatic rings. The van der Waals surface area contributed by atoms with Gasteiger partial charge in [0.25, 0.3) is 0 Å². The SMILES string of the molecule is O=C(/C=C/c1cccnc1)N(Cc1ccccc1)Cc1ccccc1. The molecule has 0 aliphatic heterocycles. The molecule has 0 bridgehead atoms. The normalized spacial score (nSPS) is 10.7. The summed E-state index contributed by atoms with van der Waals surface area (Å²) in [6, 6.07) is 23.9. The molecule has 0 spiro atoms. The van der Waals surface area contributed by atoms with Gasteiger partial charge in [0.05, 0.1) is 0 Å². The van der Waals surface area contributed by atoms with Gasteiger partial charge in [0, 0.05) is 31.6 Å². The van der Waals surface area contributed by atoms with Gasteiger partial charge in [-0.25, -0.2) is 0 Å². The zero-order chi connectivity index (χ0) is 17.3. The second-order valence-electron chi connectivity index (χ2n) is 5.79. The Labute approximate surface area is 148 Å². The number of carbonyl (C=O) groups excluding carboxylic acids is 1. The third-order valence-corrected chi connectivity index (χ3v) is 3.85. The van der Waals surface area contributed by atoms with Gasteiger partial charge in [0.15, 0.2) is 0 Å². The molecule has 124 valence electrons. The van der Waals surface area contributed by atoms with Gasteiger partial charge in [-0.3, -0.25) is 9.78 Å². The average molecular weight is 328 g/mol. The van der Waals surface area contributed by atoms with Crippen LogP contribution < -0.4 is 0 Å². The average Bonchev–Trinajstić information content (AvgIpc) is 2.68. The summed E-state index contributed by atoms with van der Waals surface area (Å²) in [6.45, 7) is 1.15. The van der Waals surface area contributed by atoms with Crippen LogP contribution in [0.2, 0.25) is 0 Å². The lowest BCUT2D eigenvalue weighted by molar-refractivity contribution is -0.127. The van der Waals surface area contributed by atoms with Crippen molar-refractivity contribution in [2.75, 3.05) is 0 Å². The summed E-state index contributed by atoms with van der Waals surface area (Å²) < 4.78 is 0. The van der Waals surface area contributed by atoms with Gasteiger partial charge in [-0.15, -0.1) is 0 Å². The van der Waals surface area contributed by atoms with Crippen LogP contribution in [0.25, 0.3) is 6.08 Å². The maximum atomic E-state index is 12.7. The molecule has 1 aromatic heterocycles. The minimum absolute atomic E-state index is 0.0171. The van der Waals surface area contributed by atoms with Crippen LogP contribution in [0, 0.1) is 0 Å². The molecule has 1 amide bonds. The van der Waals surface area contributed by atoms with Crippen LogP contribution in [-0.4, -0.2) is 15.8 Å². The van der Waals surface area contributed by atoms with Crippen LogP contribution in [-0.2, 0) is 17.9 Å². The first-order chi connectivity index (χ1) is 12.3. The van der Waals surface area contributed by atoms with E-state index in [9.17, 15) is 4.79 Å². The molecule has 3 heteroatoms. The molecule has 3 rings (SSSR count). The Morgan fingerprint density at radius 2 is 1.44 bits per heavy atom. The smallest absolute Gasteiger partial charge is 0.247 e. The monoisotopic (exact) mass is 328 g/mol. The number of carbonyl (C=O) groups is 1. The first-order valence-electron chi connectivity index (χ1n) is 8.26. The Bertz CT molecular complexity index is 773. The van der Waals surface area contributed by atoms with Crippen molar-refractivity contribution in [3.8, 4) is 0 Å². The largest absolute Gasteiger partial charge is 0.331 e. The number of aromatic nitrogens is 1. The Kier molecular flexibility index (Phi) is 5.73. The number of nitrogens with zero attached hydrogens (tertiary/aromatic N) is 2. The fourth-order valence-corrected chi connectivity index (χ4v) is 2.57. The van der Waals surface area contributed by atoms with Crippen molar-refractivity contribution >= 4 is 12.0 Å². The quantitative estimate of drug-likeness (QED) is 0.631. The Morgan fingerprint density at radius 3 is 1.96 bits per heavy atom. The summed E-state index contributed by atoms with van der Waals surface area (Å²) in [5.41, 5.74) is 3.14. The molecule has 0 radical (unpaired) electrons. The molecule has 0 aliphatic carbocycles.